The lowest BCUT2D eigenvalue weighted by atomic mass is 9.94. The van der Waals surface area contributed by atoms with Crippen LogP contribution in [-0.4, -0.2) is 28.4 Å². The number of hydrogen-bond donors (Lipinski definition) is 2. The Hall–Kier alpha value is -4.25. The smallest absolute Gasteiger partial charge is 0.327 e. The molecule has 0 radical (unpaired) electrons. The molecule has 2 N–H and O–H groups in total. The number of nitrogens with zero attached hydrogens (tertiary/aromatic N) is 3. The first kappa shape index (κ1) is 22.5. The second kappa shape index (κ2) is 8.84. The second-order valence-corrected chi connectivity index (χ2v) is 8.59. The fourth-order valence-electron chi connectivity index (χ4n) is 3.93. The van der Waals surface area contributed by atoms with Gasteiger partial charge in [-0.25, -0.2) is 13.6 Å². The van der Waals surface area contributed by atoms with Gasteiger partial charge < -0.3 is 19.7 Å². The van der Waals surface area contributed by atoms with Gasteiger partial charge in [0.05, 0.1) is 29.3 Å². The topological polar surface area (TPSA) is 101 Å². The van der Waals surface area contributed by atoms with Crippen LogP contribution >= 0.6 is 11.3 Å². The van der Waals surface area contributed by atoms with E-state index in [9.17, 15) is 18.7 Å². The number of allylic oxidation sites excluding steroid dienone is 1. The summed E-state index contributed by atoms with van der Waals surface area (Å²) < 4.78 is 38.2. The van der Waals surface area contributed by atoms with E-state index in [0.717, 1.165) is 17.0 Å². The molecule has 5 rings (SSSR count). The van der Waals surface area contributed by atoms with Gasteiger partial charge in [0, 0.05) is 11.8 Å². The number of methoxy groups -OCH3 is 1. The number of ether oxygens (including phenoxy) is 1. The van der Waals surface area contributed by atoms with Crippen molar-refractivity contribution >= 4 is 28.6 Å². The number of carbonyl (C=O) groups is 1. The van der Waals surface area contributed by atoms with Crippen LogP contribution in [0.1, 0.15) is 24.4 Å². The van der Waals surface area contributed by atoms with Gasteiger partial charge >= 0.3 is 6.03 Å². The molecule has 2 amide bonds. The molecule has 0 aliphatic carbocycles. The zero-order valence-corrected chi connectivity index (χ0v) is 19.3. The van der Waals surface area contributed by atoms with Crippen molar-refractivity contribution in [2.75, 3.05) is 12.0 Å². The Labute approximate surface area is 202 Å². The Morgan fingerprint density at radius 3 is 2.69 bits per heavy atom. The molecule has 2 aromatic heterocycles. The molecule has 0 saturated heterocycles. The van der Waals surface area contributed by atoms with Crippen molar-refractivity contribution in [2.45, 2.75) is 13.0 Å². The third-order valence-electron chi connectivity index (χ3n) is 5.58. The Kier molecular flexibility index (Phi) is 5.69. The van der Waals surface area contributed by atoms with Gasteiger partial charge in [0.15, 0.2) is 23.1 Å². The lowest BCUT2D eigenvalue weighted by Crippen LogP contribution is -2.46. The van der Waals surface area contributed by atoms with Crippen LogP contribution in [0.25, 0.3) is 16.3 Å². The number of hydrogen-bond acceptors (Lipinski definition) is 7. The second-order valence-electron chi connectivity index (χ2n) is 7.65. The molecule has 178 valence electrons. The van der Waals surface area contributed by atoms with Crippen LogP contribution in [0.4, 0.5) is 19.3 Å². The number of amides is 2. The average molecular weight is 496 g/mol. The van der Waals surface area contributed by atoms with Crippen molar-refractivity contribution in [3.8, 4) is 22.2 Å². The Bertz CT molecular complexity index is 1450. The standard InChI is InChI=1S/C24H18F2N4O4S/c1-12-20(23-28-22(29-34-23)19-4-3-9-35-19)21(13-5-8-18(33-2)17(31)10-13)27-24(32)30(12)14-6-7-15(25)16(26)11-14/h3-11,21,31H,1-2H3,(H,27,32). The Morgan fingerprint density at radius 1 is 1.17 bits per heavy atom. The number of thiophene rings is 1. The number of anilines is 1. The van der Waals surface area contributed by atoms with Crippen molar-refractivity contribution < 1.29 is 27.9 Å². The van der Waals surface area contributed by atoms with E-state index in [1.54, 1.807) is 19.1 Å². The largest absolute Gasteiger partial charge is 0.504 e. The molecule has 0 saturated carbocycles. The highest BCUT2D eigenvalue weighted by Gasteiger charge is 2.37. The van der Waals surface area contributed by atoms with E-state index in [1.165, 1.54) is 35.5 Å². The minimum Gasteiger partial charge on any atom is -0.504 e. The summed E-state index contributed by atoms with van der Waals surface area (Å²) in [4.78, 5) is 19.7. The zero-order valence-electron chi connectivity index (χ0n) is 18.5. The van der Waals surface area contributed by atoms with Crippen molar-refractivity contribution in [3.63, 3.8) is 0 Å². The number of urea groups is 1. The summed E-state index contributed by atoms with van der Waals surface area (Å²) in [5.74, 6) is -1.49. The van der Waals surface area contributed by atoms with Crippen LogP contribution in [0, 0.1) is 11.6 Å². The number of carbonyl (C=O) groups excluding carboxylic acids is 1. The molecule has 3 heterocycles. The van der Waals surface area contributed by atoms with Crippen LogP contribution in [0.5, 0.6) is 11.5 Å². The summed E-state index contributed by atoms with van der Waals surface area (Å²) in [5.41, 5.74) is 1.42. The number of phenolic OH excluding ortho intramolecular Hbond substituents is 1. The molecule has 11 heteroatoms. The number of aromatic hydroxyl groups is 1. The minimum absolute atomic E-state index is 0.116. The van der Waals surface area contributed by atoms with E-state index in [2.05, 4.69) is 15.5 Å². The number of rotatable bonds is 5. The van der Waals surface area contributed by atoms with Crippen molar-refractivity contribution in [1.29, 1.82) is 0 Å². The van der Waals surface area contributed by atoms with Gasteiger partial charge in [-0.05, 0) is 48.2 Å². The van der Waals surface area contributed by atoms with Crippen LogP contribution in [-0.2, 0) is 0 Å². The average Bonchev–Trinajstić information content (AvgIpc) is 3.53. The number of benzene rings is 2. The summed E-state index contributed by atoms with van der Waals surface area (Å²) in [6, 6.07) is 10.2. The highest BCUT2D eigenvalue weighted by atomic mass is 32.1. The summed E-state index contributed by atoms with van der Waals surface area (Å²) >= 11 is 1.44. The first-order valence-electron chi connectivity index (χ1n) is 10.4. The number of halogens is 2. The molecule has 0 spiro atoms. The molecule has 0 fully saturated rings. The van der Waals surface area contributed by atoms with E-state index in [1.807, 2.05) is 17.5 Å². The molecule has 2 aromatic carbocycles. The van der Waals surface area contributed by atoms with E-state index in [-0.39, 0.29) is 23.1 Å². The molecule has 8 nitrogen and oxygen atoms in total. The maximum absolute atomic E-state index is 14.0. The third kappa shape index (κ3) is 3.99. The third-order valence-corrected chi connectivity index (χ3v) is 6.45. The fraction of sp³-hybridized carbons (Fsp3) is 0.125. The van der Waals surface area contributed by atoms with Crippen molar-refractivity contribution in [2.24, 2.45) is 0 Å². The van der Waals surface area contributed by atoms with Crippen LogP contribution in [0.15, 0.2) is 64.1 Å². The molecule has 1 aliphatic rings. The number of nitrogens with one attached hydrogen (secondary N) is 1. The Balaban J connectivity index is 1.67. The van der Waals surface area contributed by atoms with E-state index < -0.39 is 23.7 Å². The van der Waals surface area contributed by atoms with Crippen molar-refractivity contribution in [1.82, 2.24) is 15.5 Å². The molecular weight excluding hydrogens is 478 g/mol. The number of aromatic nitrogens is 2. The normalized spacial score (nSPS) is 15.9. The molecule has 1 atom stereocenters. The summed E-state index contributed by atoms with van der Waals surface area (Å²) in [6.45, 7) is 1.64. The summed E-state index contributed by atoms with van der Waals surface area (Å²) in [5, 5.41) is 19.1. The van der Waals surface area contributed by atoms with E-state index in [4.69, 9.17) is 9.26 Å². The van der Waals surface area contributed by atoms with Gasteiger partial charge in [0.2, 0.25) is 5.82 Å². The molecule has 1 aliphatic heterocycles. The zero-order chi connectivity index (χ0) is 24.7. The predicted molar refractivity (Wildman–Crippen MR) is 125 cm³/mol. The van der Waals surface area contributed by atoms with Crippen LogP contribution in [0.3, 0.4) is 0 Å². The maximum Gasteiger partial charge on any atom is 0.327 e. The van der Waals surface area contributed by atoms with E-state index >= 15 is 0 Å². The minimum atomic E-state index is -1.09. The summed E-state index contributed by atoms with van der Waals surface area (Å²) in [7, 11) is 1.43. The molecule has 1 unspecified atom stereocenters. The quantitative estimate of drug-likeness (QED) is 0.379. The fourth-order valence-corrected chi connectivity index (χ4v) is 4.58. The lowest BCUT2D eigenvalue weighted by molar-refractivity contribution is 0.244. The van der Waals surface area contributed by atoms with Gasteiger partial charge in [-0.2, -0.15) is 4.98 Å². The highest BCUT2D eigenvalue weighted by Crippen LogP contribution is 2.41. The molecular formula is C24H18F2N4O4S. The Morgan fingerprint density at radius 2 is 2.00 bits per heavy atom. The van der Waals surface area contributed by atoms with E-state index in [0.29, 0.717) is 22.7 Å². The summed E-state index contributed by atoms with van der Waals surface area (Å²) in [6.07, 6.45) is 0. The monoisotopic (exact) mass is 496 g/mol. The van der Waals surface area contributed by atoms with Gasteiger partial charge in [-0.3, -0.25) is 4.90 Å². The van der Waals surface area contributed by atoms with Gasteiger partial charge in [-0.15, -0.1) is 11.3 Å². The lowest BCUT2D eigenvalue weighted by Gasteiger charge is -2.35. The highest BCUT2D eigenvalue weighted by molar-refractivity contribution is 7.13. The predicted octanol–water partition coefficient (Wildman–Crippen LogP) is 5.49. The first-order valence-corrected chi connectivity index (χ1v) is 11.3. The van der Waals surface area contributed by atoms with Crippen molar-refractivity contribution in [3.05, 3.63) is 82.7 Å². The van der Waals surface area contributed by atoms with Crippen LogP contribution < -0.4 is 15.0 Å². The number of phenols is 1. The molecule has 35 heavy (non-hydrogen) atoms. The SMILES string of the molecule is COc1ccc(C2NC(=O)N(c3ccc(F)c(F)c3)C(C)=C2c2nc(-c3cccs3)no2)cc1O. The van der Waals surface area contributed by atoms with Gasteiger partial charge in [-0.1, -0.05) is 17.3 Å². The first-order chi connectivity index (χ1) is 16.9. The van der Waals surface area contributed by atoms with Gasteiger partial charge in [0.25, 0.3) is 5.89 Å². The molecule has 4 aromatic rings. The molecule has 0 bridgehead atoms. The van der Waals surface area contributed by atoms with Crippen LogP contribution in [0.2, 0.25) is 0 Å². The van der Waals surface area contributed by atoms with Gasteiger partial charge in [0.1, 0.15) is 0 Å². The maximum atomic E-state index is 14.0.